The van der Waals surface area contributed by atoms with E-state index < -0.39 is 0 Å². The molecule has 22 heavy (non-hydrogen) atoms. The van der Waals surface area contributed by atoms with Crippen LogP contribution >= 0.6 is 23.2 Å². The third kappa shape index (κ3) is 5.24. The Kier molecular flexibility index (Phi) is 6.10. The van der Waals surface area contributed by atoms with Gasteiger partial charge in [0.1, 0.15) is 5.75 Å². The molecule has 1 amide bonds. The van der Waals surface area contributed by atoms with Crippen molar-refractivity contribution in [2.45, 2.75) is 19.8 Å². The summed E-state index contributed by atoms with van der Waals surface area (Å²) >= 11 is 11.8. The third-order valence-corrected chi connectivity index (χ3v) is 3.57. The zero-order chi connectivity index (χ0) is 15.9. The van der Waals surface area contributed by atoms with Gasteiger partial charge in [-0.1, -0.05) is 40.9 Å². The lowest BCUT2D eigenvalue weighted by molar-refractivity contribution is -0.116. The lowest BCUT2D eigenvalue weighted by atomic mass is 10.2. The van der Waals surface area contributed by atoms with Crippen LogP contribution in [-0.2, 0) is 4.79 Å². The Balaban J connectivity index is 1.72. The molecule has 2 aromatic rings. The van der Waals surface area contributed by atoms with Gasteiger partial charge in [0.05, 0.1) is 11.6 Å². The molecule has 5 heteroatoms. The first-order valence-corrected chi connectivity index (χ1v) is 7.74. The van der Waals surface area contributed by atoms with Gasteiger partial charge in [-0.15, -0.1) is 0 Å². The second-order valence-electron chi connectivity index (χ2n) is 4.94. The number of anilines is 1. The number of hydrogen-bond donors (Lipinski definition) is 1. The summed E-state index contributed by atoms with van der Waals surface area (Å²) in [7, 11) is 0. The lowest BCUT2D eigenvalue weighted by Crippen LogP contribution is -2.12. The molecule has 0 aliphatic rings. The van der Waals surface area contributed by atoms with Crippen LogP contribution in [0.1, 0.15) is 18.4 Å². The molecule has 0 spiro atoms. The molecule has 2 rings (SSSR count). The van der Waals surface area contributed by atoms with E-state index in [0.29, 0.717) is 35.2 Å². The van der Waals surface area contributed by atoms with Gasteiger partial charge < -0.3 is 10.1 Å². The number of aryl methyl sites for hydroxylation is 1. The van der Waals surface area contributed by atoms with Crippen molar-refractivity contribution in [1.82, 2.24) is 0 Å². The second-order valence-corrected chi connectivity index (χ2v) is 5.78. The number of carbonyl (C=O) groups excluding carboxylic acids is 1. The maximum atomic E-state index is 11.8. The van der Waals surface area contributed by atoms with Crippen LogP contribution in [0.2, 0.25) is 10.0 Å². The van der Waals surface area contributed by atoms with E-state index in [1.165, 1.54) is 0 Å². The zero-order valence-electron chi connectivity index (χ0n) is 12.2. The van der Waals surface area contributed by atoms with E-state index in [0.717, 1.165) is 11.3 Å². The van der Waals surface area contributed by atoms with Gasteiger partial charge in [-0.25, -0.2) is 0 Å². The molecule has 0 saturated heterocycles. The van der Waals surface area contributed by atoms with Crippen molar-refractivity contribution in [3.8, 4) is 5.75 Å². The molecule has 0 heterocycles. The van der Waals surface area contributed by atoms with Gasteiger partial charge in [-0.3, -0.25) is 4.79 Å². The van der Waals surface area contributed by atoms with Gasteiger partial charge >= 0.3 is 0 Å². The average molecular weight is 338 g/mol. The summed E-state index contributed by atoms with van der Waals surface area (Å²) in [5.41, 5.74) is 1.96. The fourth-order valence-electron chi connectivity index (χ4n) is 1.87. The molecule has 2 aromatic carbocycles. The molecule has 1 N–H and O–H groups in total. The highest BCUT2D eigenvalue weighted by Crippen LogP contribution is 2.27. The second kappa shape index (κ2) is 8.06. The molecule has 116 valence electrons. The van der Waals surface area contributed by atoms with Crippen molar-refractivity contribution in [3.05, 3.63) is 58.1 Å². The van der Waals surface area contributed by atoms with Crippen LogP contribution in [0.15, 0.2) is 42.5 Å². The molecular weight excluding hydrogens is 321 g/mol. The SMILES string of the molecule is Cc1ccc(NC(=O)CCCOc2ccc(Cl)cc2Cl)cc1. The molecule has 0 unspecified atom stereocenters. The predicted octanol–water partition coefficient (Wildman–Crippen LogP) is 5.10. The van der Waals surface area contributed by atoms with Gasteiger partial charge in [0.2, 0.25) is 5.91 Å². The van der Waals surface area contributed by atoms with Gasteiger partial charge in [0, 0.05) is 17.1 Å². The molecule has 0 radical (unpaired) electrons. The standard InChI is InChI=1S/C17H17Cl2NO2/c1-12-4-7-14(8-5-12)20-17(21)3-2-10-22-16-9-6-13(18)11-15(16)19/h4-9,11H,2-3,10H2,1H3,(H,20,21). The van der Waals surface area contributed by atoms with Crippen LogP contribution in [0.4, 0.5) is 5.69 Å². The summed E-state index contributed by atoms with van der Waals surface area (Å²) < 4.78 is 5.54. The first kappa shape index (κ1) is 16.7. The Bertz CT molecular complexity index is 642. The van der Waals surface area contributed by atoms with E-state index in [9.17, 15) is 4.79 Å². The summed E-state index contributed by atoms with van der Waals surface area (Å²) in [6.45, 7) is 2.42. The number of nitrogens with one attached hydrogen (secondary N) is 1. The minimum atomic E-state index is -0.0327. The highest BCUT2D eigenvalue weighted by Gasteiger charge is 2.05. The van der Waals surface area contributed by atoms with Crippen molar-refractivity contribution in [1.29, 1.82) is 0 Å². The number of carbonyl (C=O) groups is 1. The van der Waals surface area contributed by atoms with E-state index in [-0.39, 0.29) is 5.91 Å². The van der Waals surface area contributed by atoms with E-state index in [2.05, 4.69) is 5.32 Å². The lowest BCUT2D eigenvalue weighted by Gasteiger charge is -2.08. The molecule has 0 bridgehead atoms. The smallest absolute Gasteiger partial charge is 0.224 e. The summed E-state index contributed by atoms with van der Waals surface area (Å²) in [5, 5.41) is 3.88. The summed E-state index contributed by atoms with van der Waals surface area (Å²) in [6, 6.07) is 12.8. The highest BCUT2D eigenvalue weighted by atomic mass is 35.5. The summed E-state index contributed by atoms with van der Waals surface area (Å²) in [5.74, 6) is 0.541. The van der Waals surface area contributed by atoms with Crippen LogP contribution in [-0.4, -0.2) is 12.5 Å². The van der Waals surface area contributed by atoms with Crippen LogP contribution < -0.4 is 10.1 Å². The fraction of sp³-hybridized carbons (Fsp3) is 0.235. The molecule has 0 aromatic heterocycles. The normalized spacial score (nSPS) is 10.3. The van der Waals surface area contributed by atoms with Crippen molar-refractivity contribution in [2.75, 3.05) is 11.9 Å². The Hall–Kier alpha value is -1.71. The van der Waals surface area contributed by atoms with Crippen LogP contribution in [0.25, 0.3) is 0 Å². The molecule has 0 fully saturated rings. The van der Waals surface area contributed by atoms with E-state index in [1.54, 1.807) is 18.2 Å². The maximum Gasteiger partial charge on any atom is 0.224 e. The first-order valence-electron chi connectivity index (χ1n) is 6.99. The summed E-state index contributed by atoms with van der Waals surface area (Å²) in [6.07, 6.45) is 0.996. The number of hydrogen-bond acceptors (Lipinski definition) is 2. The molecule has 0 saturated carbocycles. The van der Waals surface area contributed by atoms with Crippen LogP contribution in [0.5, 0.6) is 5.75 Å². The Labute approximate surface area is 140 Å². The van der Waals surface area contributed by atoms with E-state index in [1.807, 2.05) is 31.2 Å². The summed E-state index contributed by atoms with van der Waals surface area (Å²) in [4.78, 5) is 11.8. The average Bonchev–Trinajstić information content (AvgIpc) is 2.48. The molecular formula is C17H17Cl2NO2. The Morgan fingerprint density at radius 1 is 1.14 bits per heavy atom. The topological polar surface area (TPSA) is 38.3 Å². The first-order chi connectivity index (χ1) is 10.5. The fourth-order valence-corrected chi connectivity index (χ4v) is 2.33. The van der Waals surface area contributed by atoms with Crippen molar-refractivity contribution < 1.29 is 9.53 Å². The third-order valence-electron chi connectivity index (χ3n) is 3.03. The minimum absolute atomic E-state index is 0.0327. The van der Waals surface area contributed by atoms with Crippen LogP contribution in [0, 0.1) is 6.92 Å². The van der Waals surface area contributed by atoms with Gasteiger partial charge in [0.15, 0.2) is 0 Å². The number of rotatable bonds is 6. The van der Waals surface area contributed by atoms with Crippen molar-refractivity contribution in [3.63, 3.8) is 0 Å². The number of halogens is 2. The number of amides is 1. The quantitative estimate of drug-likeness (QED) is 0.744. The van der Waals surface area contributed by atoms with Gasteiger partial charge in [0.25, 0.3) is 0 Å². The molecule has 0 atom stereocenters. The van der Waals surface area contributed by atoms with Crippen molar-refractivity contribution >= 4 is 34.8 Å². The monoisotopic (exact) mass is 337 g/mol. The number of benzene rings is 2. The number of ether oxygens (including phenoxy) is 1. The zero-order valence-corrected chi connectivity index (χ0v) is 13.7. The largest absolute Gasteiger partial charge is 0.492 e. The molecule has 0 aliphatic carbocycles. The van der Waals surface area contributed by atoms with E-state index >= 15 is 0 Å². The minimum Gasteiger partial charge on any atom is -0.492 e. The predicted molar refractivity (Wildman–Crippen MR) is 91.0 cm³/mol. The van der Waals surface area contributed by atoms with Crippen molar-refractivity contribution in [2.24, 2.45) is 0 Å². The highest BCUT2D eigenvalue weighted by molar-refractivity contribution is 6.35. The van der Waals surface area contributed by atoms with Crippen LogP contribution in [0.3, 0.4) is 0 Å². The van der Waals surface area contributed by atoms with Gasteiger partial charge in [-0.05, 0) is 43.7 Å². The Morgan fingerprint density at radius 3 is 2.55 bits per heavy atom. The van der Waals surface area contributed by atoms with Gasteiger partial charge in [-0.2, -0.15) is 0 Å². The molecule has 3 nitrogen and oxygen atoms in total. The maximum absolute atomic E-state index is 11.8. The Morgan fingerprint density at radius 2 is 1.86 bits per heavy atom. The van der Waals surface area contributed by atoms with E-state index in [4.69, 9.17) is 27.9 Å². The molecule has 0 aliphatic heterocycles.